The molecule has 0 unspecified atom stereocenters. The SMILES string of the molecule is CCN1CCC[C@@H]1[C@@H]1CCCN1C(=O)c1cnn2ccc(C)nc12. The minimum Gasteiger partial charge on any atom is -0.334 e. The molecule has 0 N–H and O–H groups in total. The Morgan fingerprint density at radius 2 is 2.04 bits per heavy atom. The van der Waals surface area contributed by atoms with Crippen LogP contribution in [0.3, 0.4) is 0 Å². The first-order valence-electron chi connectivity index (χ1n) is 9.05. The lowest BCUT2D eigenvalue weighted by atomic mass is 10.0. The monoisotopic (exact) mass is 327 g/mol. The summed E-state index contributed by atoms with van der Waals surface area (Å²) in [4.78, 5) is 22.4. The first-order valence-corrected chi connectivity index (χ1v) is 9.05. The van der Waals surface area contributed by atoms with Gasteiger partial charge in [-0.2, -0.15) is 5.10 Å². The Morgan fingerprint density at radius 3 is 2.88 bits per heavy atom. The van der Waals surface area contributed by atoms with Gasteiger partial charge in [0.25, 0.3) is 5.91 Å². The molecular weight excluding hydrogens is 302 g/mol. The predicted molar refractivity (Wildman–Crippen MR) is 92.1 cm³/mol. The van der Waals surface area contributed by atoms with E-state index in [1.807, 2.05) is 19.2 Å². The van der Waals surface area contributed by atoms with E-state index >= 15 is 0 Å². The molecule has 2 atom stereocenters. The largest absolute Gasteiger partial charge is 0.334 e. The Morgan fingerprint density at radius 1 is 1.25 bits per heavy atom. The Kier molecular flexibility index (Phi) is 4.00. The molecular formula is C18H25N5O. The van der Waals surface area contributed by atoms with Crippen LogP contribution in [-0.2, 0) is 0 Å². The smallest absolute Gasteiger partial charge is 0.259 e. The number of hydrogen-bond donors (Lipinski definition) is 0. The molecule has 2 aliphatic rings. The number of likely N-dealkylation sites (tertiary alicyclic amines) is 2. The Bertz CT molecular complexity index is 755. The normalized spacial score (nSPS) is 25.0. The third-order valence-electron chi connectivity index (χ3n) is 5.56. The summed E-state index contributed by atoms with van der Waals surface area (Å²) in [5.41, 5.74) is 2.21. The van der Waals surface area contributed by atoms with Crippen LogP contribution >= 0.6 is 0 Å². The van der Waals surface area contributed by atoms with Crippen LogP contribution in [0, 0.1) is 6.92 Å². The number of carbonyl (C=O) groups is 1. The van der Waals surface area contributed by atoms with Crippen LogP contribution < -0.4 is 0 Å². The molecule has 0 spiro atoms. The zero-order valence-corrected chi connectivity index (χ0v) is 14.5. The van der Waals surface area contributed by atoms with Crippen molar-refractivity contribution in [2.45, 2.75) is 51.6 Å². The van der Waals surface area contributed by atoms with Gasteiger partial charge in [-0.1, -0.05) is 6.92 Å². The van der Waals surface area contributed by atoms with Gasteiger partial charge in [-0.15, -0.1) is 0 Å². The summed E-state index contributed by atoms with van der Waals surface area (Å²) < 4.78 is 1.69. The maximum atomic E-state index is 13.2. The van der Waals surface area contributed by atoms with Crippen LogP contribution in [-0.4, -0.2) is 62.0 Å². The van der Waals surface area contributed by atoms with E-state index in [0.29, 0.717) is 23.3 Å². The molecule has 6 nitrogen and oxygen atoms in total. The van der Waals surface area contributed by atoms with Gasteiger partial charge < -0.3 is 4.90 Å². The fourth-order valence-electron chi connectivity index (χ4n) is 4.39. The lowest BCUT2D eigenvalue weighted by Crippen LogP contribution is -2.48. The zero-order valence-electron chi connectivity index (χ0n) is 14.5. The highest BCUT2D eigenvalue weighted by atomic mass is 16.2. The standard InChI is InChI=1S/C18H25N5O/c1-3-21-9-4-6-15(21)16-7-5-10-22(16)18(24)14-12-19-23-11-8-13(2)20-17(14)23/h8,11-12,15-16H,3-7,9-10H2,1-2H3/t15-,16+/m1/s1. The quantitative estimate of drug-likeness (QED) is 0.866. The van der Waals surface area contributed by atoms with Gasteiger partial charge in [0.15, 0.2) is 5.65 Å². The van der Waals surface area contributed by atoms with Gasteiger partial charge in [0.05, 0.1) is 6.20 Å². The number of aromatic nitrogens is 3. The number of hydrogen-bond acceptors (Lipinski definition) is 4. The van der Waals surface area contributed by atoms with E-state index in [1.165, 1.54) is 12.8 Å². The third kappa shape index (κ3) is 2.49. The molecule has 2 fully saturated rings. The highest BCUT2D eigenvalue weighted by Crippen LogP contribution is 2.31. The highest BCUT2D eigenvalue weighted by Gasteiger charge is 2.40. The minimum absolute atomic E-state index is 0.0913. The van der Waals surface area contributed by atoms with Gasteiger partial charge in [0.1, 0.15) is 5.56 Å². The lowest BCUT2D eigenvalue weighted by molar-refractivity contribution is 0.0651. The molecule has 2 saturated heterocycles. The first-order chi connectivity index (χ1) is 11.7. The molecule has 1 amide bonds. The van der Waals surface area contributed by atoms with Crippen molar-refractivity contribution in [3.8, 4) is 0 Å². The van der Waals surface area contributed by atoms with Crippen LogP contribution in [0.1, 0.15) is 48.7 Å². The molecule has 24 heavy (non-hydrogen) atoms. The molecule has 0 bridgehead atoms. The zero-order chi connectivity index (χ0) is 16.7. The van der Waals surface area contributed by atoms with Crippen molar-refractivity contribution >= 4 is 11.6 Å². The lowest BCUT2D eigenvalue weighted by Gasteiger charge is -2.34. The van der Waals surface area contributed by atoms with Crippen molar-refractivity contribution in [2.24, 2.45) is 0 Å². The van der Waals surface area contributed by atoms with Crippen LogP contribution in [0.4, 0.5) is 0 Å². The number of nitrogens with zero attached hydrogens (tertiary/aromatic N) is 5. The summed E-state index contributed by atoms with van der Waals surface area (Å²) in [7, 11) is 0. The second-order valence-corrected chi connectivity index (χ2v) is 6.94. The van der Waals surface area contributed by atoms with E-state index in [4.69, 9.17) is 0 Å². The fraction of sp³-hybridized carbons (Fsp3) is 0.611. The van der Waals surface area contributed by atoms with Crippen LogP contribution in [0.2, 0.25) is 0 Å². The van der Waals surface area contributed by atoms with Crippen molar-refractivity contribution in [1.82, 2.24) is 24.4 Å². The van der Waals surface area contributed by atoms with E-state index in [9.17, 15) is 4.79 Å². The molecule has 2 aromatic rings. The molecule has 4 heterocycles. The summed E-state index contributed by atoms with van der Waals surface area (Å²) in [6.07, 6.45) is 8.19. The Hall–Kier alpha value is -1.95. The van der Waals surface area contributed by atoms with Crippen molar-refractivity contribution in [3.63, 3.8) is 0 Å². The average molecular weight is 327 g/mol. The average Bonchev–Trinajstić information content (AvgIpc) is 3.31. The molecule has 4 rings (SSSR count). The molecule has 128 valence electrons. The predicted octanol–water partition coefficient (Wildman–Crippen LogP) is 2.13. The van der Waals surface area contributed by atoms with Gasteiger partial charge in [-0.25, -0.2) is 9.50 Å². The van der Waals surface area contributed by atoms with Crippen LogP contribution in [0.25, 0.3) is 5.65 Å². The molecule has 0 aromatic carbocycles. The number of rotatable bonds is 3. The summed E-state index contributed by atoms with van der Waals surface area (Å²) >= 11 is 0. The van der Waals surface area contributed by atoms with Gasteiger partial charge >= 0.3 is 0 Å². The molecule has 0 aliphatic carbocycles. The number of amides is 1. The third-order valence-corrected chi connectivity index (χ3v) is 5.56. The fourth-order valence-corrected chi connectivity index (χ4v) is 4.39. The second-order valence-electron chi connectivity index (χ2n) is 6.94. The maximum absolute atomic E-state index is 13.2. The van der Waals surface area contributed by atoms with Crippen molar-refractivity contribution in [2.75, 3.05) is 19.6 Å². The van der Waals surface area contributed by atoms with Crippen molar-refractivity contribution in [1.29, 1.82) is 0 Å². The first kappa shape index (κ1) is 15.6. The summed E-state index contributed by atoms with van der Waals surface area (Å²) in [5, 5.41) is 4.30. The molecule has 2 aliphatic heterocycles. The van der Waals surface area contributed by atoms with Gasteiger partial charge in [-0.3, -0.25) is 9.69 Å². The maximum Gasteiger partial charge on any atom is 0.259 e. The van der Waals surface area contributed by atoms with Crippen molar-refractivity contribution < 1.29 is 4.79 Å². The summed E-state index contributed by atoms with van der Waals surface area (Å²) in [6, 6.07) is 2.75. The van der Waals surface area contributed by atoms with Crippen LogP contribution in [0.5, 0.6) is 0 Å². The topological polar surface area (TPSA) is 53.7 Å². The van der Waals surface area contributed by atoms with E-state index in [0.717, 1.165) is 38.2 Å². The van der Waals surface area contributed by atoms with Gasteiger partial charge in [0, 0.05) is 30.5 Å². The molecule has 6 heteroatoms. The van der Waals surface area contributed by atoms with Gasteiger partial charge in [-0.05, 0) is 51.8 Å². The van der Waals surface area contributed by atoms with E-state index in [-0.39, 0.29) is 5.91 Å². The molecule has 0 saturated carbocycles. The highest BCUT2D eigenvalue weighted by molar-refractivity contribution is 6.00. The number of carbonyl (C=O) groups excluding carboxylic acids is 1. The van der Waals surface area contributed by atoms with E-state index in [1.54, 1.807) is 10.7 Å². The second kappa shape index (κ2) is 6.16. The van der Waals surface area contributed by atoms with E-state index < -0.39 is 0 Å². The number of aryl methyl sites for hydroxylation is 1. The summed E-state index contributed by atoms with van der Waals surface area (Å²) in [6.45, 7) is 7.24. The number of likely N-dealkylation sites (N-methyl/N-ethyl adjacent to an activating group) is 1. The minimum atomic E-state index is 0.0913. The van der Waals surface area contributed by atoms with Crippen LogP contribution in [0.15, 0.2) is 18.5 Å². The summed E-state index contributed by atoms with van der Waals surface area (Å²) in [5.74, 6) is 0.0913. The Labute approximate surface area is 142 Å². The Balaban J connectivity index is 1.64. The van der Waals surface area contributed by atoms with E-state index in [2.05, 4.69) is 26.8 Å². The molecule has 0 radical (unpaired) electrons. The van der Waals surface area contributed by atoms with Gasteiger partial charge in [0.2, 0.25) is 0 Å². The van der Waals surface area contributed by atoms with Crippen molar-refractivity contribution in [3.05, 3.63) is 29.7 Å². The molecule has 2 aromatic heterocycles. The number of fused-ring (bicyclic) bond motifs is 1.